The minimum absolute atomic E-state index is 0.122. The van der Waals surface area contributed by atoms with Gasteiger partial charge in [0, 0.05) is 25.7 Å². The molecule has 0 aliphatic carbocycles. The van der Waals surface area contributed by atoms with E-state index in [1.807, 2.05) is 13.8 Å². The van der Waals surface area contributed by atoms with Crippen LogP contribution in [-0.2, 0) is 10.0 Å². The van der Waals surface area contributed by atoms with E-state index < -0.39 is 10.0 Å². The van der Waals surface area contributed by atoms with E-state index in [2.05, 4.69) is 4.72 Å². The molecule has 1 amide bonds. The predicted molar refractivity (Wildman–Crippen MR) is 83.8 cm³/mol. The van der Waals surface area contributed by atoms with Gasteiger partial charge >= 0.3 is 0 Å². The zero-order valence-electron chi connectivity index (χ0n) is 13.3. The van der Waals surface area contributed by atoms with Crippen LogP contribution in [0.2, 0.25) is 0 Å². The van der Waals surface area contributed by atoms with Crippen LogP contribution >= 0.6 is 0 Å². The molecule has 1 aromatic rings. The molecule has 0 unspecified atom stereocenters. The van der Waals surface area contributed by atoms with Crippen molar-refractivity contribution in [2.45, 2.75) is 32.6 Å². The van der Waals surface area contributed by atoms with Crippen molar-refractivity contribution in [2.75, 3.05) is 20.1 Å². The van der Waals surface area contributed by atoms with Gasteiger partial charge in [0.25, 0.3) is 5.91 Å². The van der Waals surface area contributed by atoms with Crippen LogP contribution in [0, 0.1) is 12.8 Å². The fraction of sp³-hybridized carbons (Fsp3) is 0.533. The van der Waals surface area contributed by atoms with E-state index in [4.69, 9.17) is 0 Å². The van der Waals surface area contributed by atoms with Crippen LogP contribution < -0.4 is 4.72 Å². The Morgan fingerprint density at radius 2 is 1.95 bits per heavy atom. The van der Waals surface area contributed by atoms with Gasteiger partial charge in [-0.05, 0) is 30.5 Å². The topological polar surface area (TPSA) is 66.5 Å². The molecule has 0 radical (unpaired) electrons. The molecule has 0 saturated heterocycles. The standard InChI is InChI=1S/C15H24N2O3S/c1-6-16-21(19,20)13-8-7-12(4)14(9-13)15(18)17(5)10-11(2)3/h7-9,11,16H,6,10H2,1-5H3. The Bertz CT molecular complexity index is 609. The molecule has 0 saturated carbocycles. The molecule has 0 fully saturated rings. The van der Waals surface area contributed by atoms with Gasteiger partial charge in [0.2, 0.25) is 10.0 Å². The summed E-state index contributed by atoms with van der Waals surface area (Å²) in [6, 6.07) is 4.64. The normalized spacial score (nSPS) is 11.7. The number of carbonyl (C=O) groups excluding carboxylic acids is 1. The maximum atomic E-state index is 12.4. The van der Waals surface area contributed by atoms with E-state index in [0.29, 0.717) is 24.6 Å². The van der Waals surface area contributed by atoms with Crippen molar-refractivity contribution in [1.82, 2.24) is 9.62 Å². The molecular weight excluding hydrogens is 288 g/mol. The number of nitrogens with one attached hydrogen (secondary N) is 1. The second-order valence-corrected chi connectivity index (χ2v) is 7.32. The van der Waals surface area contributed by atoms with Crippen LogP contribution in [0.4, 0.5) is 0 Å². The minimum atomic E-state index is -3.55. The number of amides is 1. The van der Waals surface area contributed by atoms with Crippen molar-refractivity contribution in [3.05, 3.63) is 29.3 Å². The maximum absolute atomic E-state index is 12.4. The summed E-state index contributed by atoms with van der Waals surface area (Å²) in [6.45, 7) is 8.52. The average Bonchev–Trinajstić information content (AvgIpc) is 2.37. The Hall–Kier alpha value is -1.40. The number of nitrogens with zero attached hydrogens (tertiary/aromatic N) is 1. The summed E-state index contributed by atoms with van der Waals surface area (Å²) in [5, 5.41) is 0. The third kappa shape index (κ3) is 4.54. The fourth-order valence-electron chi connectivity index (χ4n) is 2.11. The number of benzene rings is 1. The summed E-state index contributed by atoms with van der Waals surface area (Å²) in [5.41, 5.74) is 1.20. The van der Waals surface area contributed by atoms with Crippen LogP contribution in [0.3, 0.4) is 0 Å². The Balaban J connectivity index is 3.17. The maximum Gasteiger partial charge on any atom is 0.253 e. The molecular formula is C15H24N2O3S. The van der Waals surface area contributed by atoms with Crippen LogP contribution in [0.15, 0.2) is 23.1 Å². The van der Waals surface area contributed by atoms with Crippen molar-refractivity contribution in [3.8, 4) is 0 Å². The molecule has 0 aliphatic rings. The lowest BCUT2D eigenvalue weighted by Crippen LogP contribution is -2.31. The van der Waals surface area contributed by atoms with Crippen molar-refractivity contribution in [2.24, 2.45) is 5.92 Å². The molecule has 5 nitrogen and oxygen atoms in total. The molecule has 6 heteroatoms. The highest BCUT2D eigenvalue weighted by Crippen LogP contribution is 2.17. The molecule has 0 heterocycles. The minimum Gasteiger partial charge on any atom is -0.341 e. The smallest absolute Gasteiger partial charge is 0.253 e. The van der Waals surface area contributed by atoms with Crippen molar-refractivity contribution >= 4 is 15.9 Å². The predicted octanol–water partition coefficient (Wildman–Crippen LogP) is 2.02. The second-order valence-electron chi connectivity index (χ2n) is 5.56. The first-order valence-corrected chi connectivity index (χ1v) is 8.53. The lowest BCUT2D eigenvalue weighted by Gasteiger charge is -2.20. The van der Waals surface area contributed by atoms with Crippen LogP contribution in [0.25, 0.3) is 0 Å². The highest BCUT2D eigenvalue weighted by Gasteiger charge is 2.19. The van der Waals surface area contributed by atoms with Crippen LogP contribution in [0.1, 0.15) is 36.7 Å². The largest absolute Gasteiger partial charge is 0.341 e. The third-order valence-electron chi connectivity index (χ3n) is 3.07. The third-order valence-corrected chi connectivity index (χ3v) is 4.61. The molecule has 1 rings (SSSR count). The van der Waals surface area contributed by atoms with Crippen molar-refractivity contribution in [1.29, 1.82) is 0 Å². The first-order chi connectivity index (χ1) is 9.69. The summed E-state index contributed by atoms with van der Waals surface area (Å²) < 4.78 is 26.5. The van der Waals surface area contributed by atoms with Crippen LogP contribution in [0.5, 0.6) is 0 Å². The Labute approximate surface area is 127 Å². The number of aryl methyl sites for hydroxylation is 1. The number of carbonyl (C=O) groups is 1. The van der Waals surface area contributed by atoms with Gasteiger partial charge in [-0.3, -0.25) is 4.79 Å². The Morgan fingerprint density at radius 3 is 2.48 bits per heavy atom. The van der Waals surface area contributed by atoms with Crippen molar-refractivity contribution in [3.63, 3.8) is 0 Å². The number of hydrogen-bond acceptors (Lipinski definition) is 3. The van der Waals surface area contributed by atoms with E-state index >= 15 is 0 Å². The second kappa shape index (κ2) is 7.04. The number of rotatable bonds is 6. The number of hydrogen-bond donors (Lipinski definition) is 1. The quantitative estimate of drug-likeness (QED) is 0.874. The van der Waals surface area contributed by atoms with Gasteiger partial charge < -0.3 is 4.90 Å². The lowest BCUT2D eigenvalue weighted by molar-refractivity contribution is 0.0778. The van der Waals surface area contributed by atoms with Gasteiger partial charge in [-0.25, -0.2) is 13.1 Å². The first kappa shape index (κ1) is 17.7. The van der Waals surface area contributed by atoms with E-state index in [1.54, 1.807) is 31.9 Å². The van der Waals surface area contributed by atoms with Gasteiger partial charge in [-0.15, -0.1) is 0 Å². The summed E-state index contributed by atoms with van der Waals surface area (Å²) in [7, 11) is -1.82. The van der Waals surface area contributed by atoms with Crippen molar-refractivity contribution < 1.29 is 13.2 Å². The zero-order chi connectivity index (χ0) is 16.2. The van der Waals surface area contributed by atoms with Crippen LogP contribution in [-0.4, -0.2) is 39.4 Å². The molecule has 1 N–H and O–H groups in total. The Kier molecular flexibility index (Phi) is 5.92. The Morgan fingerprint density at radius 1 is 1.33 bits per heavy atom. The summed E-state index contributed by atoms with van der Waals surface area (Å²) >= 11 is 0. The van der Waals surface area contributed by atoms with E-state index in [9.17, 15) is 13.2 Å². The molecule has 0 aliphatic heterocycles. The lowest BCUT2D eigenvalue weighted by atomic mass is 10.1. The molecule has 118 valence electrons. The summed E-state index contributed by atoms with van der Waals surface area (Å²) in [4.78, 5) is 14.2. The number of sulfonamides is 1. The summed E-state index contributed by atoms with van der Waals surface area (Å²) in [5.74, 6) is 0.197. The highest BCUT2D eigenvalue weighted by molar-refractivity contribution is 7.89. The first-order valence-electron chi connectivity index (χ1n) is 7.04. The molecule has 21 heavy (non-hydrogen) atoms. The molecule has 0 atom stereocenters. The van der Waals surface area contributed by atoms with Gasteiger partial charge in [-0.2, -0.15) is 0 Å². The summed E-state index contributed by atoms with van der Waals surface area (Å²) in [6.07, 6.45) is 0. The van der Waals surface area contributed by atoms with E-state index in [1.165, 1.54) is 12.1 Å². The fourth-order valence-corrected chi connectivity index (χ4v) is 3.18. The molecule has 0 spiro atoms. The highest BCUT2D eigenvalue weighted by atomic mass is 32.2. The van der Waals surface area contributed by atoms with Gasteiger partial charge in [0.05, 0.1) is 4.90 Å². The van der Waals surface area contributed by atoms with Gasteiger partial charge in [0.15, 0.2) is 0 Å². The van der Waals surface area contributed by atoms with E-state index in [-0.39, 0.29) is 10.8 Å². The zero-order valence-corrected chi connectivity index (χ0v) is 14.1. The van der Waals surface area contributed by atoms with E-state index in [0.717, 1.165) is 5.56 Å². The molecule has 0 bridgehead atoms. The molecule has 0 aromatic heterocycles. The van der Waals surface area contributed by atoms with Gasteiger partial charge in [-0.1, -0.05) is 26.8 Å². The SMILES string of the molecule is CCNS(=O)(=O)c1ccc(C)c(C(=O)N(C)CC(C)C)c1. The van der Waals surface area contributed by atoms with Gasteiger partial charge in [0.1, 0.15) is 0 Å². The molecule has 1 aromatic carbocycles. The average molecular weight is 312 g/mol. The monoisotopic (exact) mass is 312 g/mol.